The van der Waals surface area contributed by atoms with E-state index in [1.165, 1.54) is 0 Å². The third kappa shape index (κ3) is 3.51. The molecule has 0 saturated heterocycles. The van der Waals surface area contributed by atoms with Gasteiger partial charge in [0.2, 0.25) is 0 Å². The summed E-state index contributed by atoms with van der Waals surface area (Å²) in [5.74, 6) is -0.270. The molecule has 0 aromatic heterocycles. The molecule has 5 heteroatoms. The molecule has 0 amide bonds. The van der Waals surface area contributed by atoms with Crippen molar-refractivity contribution in [3.63, 3.8) is 0 Å². The van der Waals surface area contributed by atoms with Gasteiger partial charge >= 0.3 is 0 Å². The van der Waals surface area contributed by atoms with E-state index in [1.807, 2.05) is 26.0 Å². The van der Waals surface area contributed by atoms with Gasteiger partial charge in [-0.05, 0) is 67.6 Å². The van der Waals surface area contributed by atoms with Crippen LogP contribution in [-0.4, -0.2) is 45.2 Å². The number of aliphatic hydroxyl groups is 3. The Morgan fingerprint density at radius 1 is 1.03 bits per heavy atom. The molecular weight excluding hydrogens is 452 g/mol. The first-order valence-corrected chi connectivity index (χ1v) is 13.8. The summed E-state index contributed by atoms with van der Waals surface area (Å²) < 4.78 is 0. The quantitative estimate of drug-likeness (QED) is 0.473. The molecule has 3 saturated carbocycles. The average Bonchev–Trinajstić information content (AvgIpc) is 3.02. The van der Waals surface area contributed by atoms with E-state index in [0.29, 0.717) is 19.3 Å². The summed E-state index contributed by atoms with van der Waals surface area (Å²) in [7, 11) is 0. The van der Waals surface area contributed by atoms with Gasteiger partial charge in [0.1, 0.15) is 11.9 Å². The minimum atomic E-state index is -1.07. The Morgan fingerprint density at radius 3 is 2.22 bits per heavy atom. The van der Waals surface area contributed by atoms with Gasteiger partial charge in [-0.25, -0.2) is 0 Å². The zero-order chi connectivity index (χ0) is 27.3. The Bertz CT molecular complexity index is 1010. The smallest absolute Gasteiger partial charge is 0.170 e. The van der Waals surface area contributed by atoms with Gasteiger partial charge in [0.05, 0.1) is 12.2 Å². The maximum atomic E-state index is 14.4. The van der Waals surface area contributed by atoms with Crippen molar-refractivity contribution >= 4 is 11.6 Å². The number of hydrogen-bond donors (Lipinski definition) is 3. The van der Waals surface area contributed by atoms with Crippen molar-refractivity contribution in [2.75, 3.05) is 0 Å². The molecule has 4 aliphatic rings. The summed E-state index contributed by atoms with van der Waals surface area (Å²) >= 11 is 0. The van der Waals surface area contributed by atoms with Crippen LogP contribution in [0.25, 0.3) is 0 Å². The Balaban J connectivity index is 1.85. The summed E-state index contributed by atoms with van der Waals surface area (Å²) in [4.78, 5) is 27.3. The molecule has 0 unspecified atom stereocenters. The normalized spacial score (nSPS) is 43.6. The third-order valence-electron chi connectivity index (χ3n) is 11.4. The van der Waals surface area contributed by atoms with Crippen LogP contribution in [-0.2, 0) is 9.59 Å². The highest BCUT2D eigenvalue weighted by Gasteiger charge is 2.74. The summed E-state index contributed by atoms with van der Waals surface area (Å²) in [6.45, 7) is 18.4. The Morgan fingerprint density at radius 2 is 1.64 bits per heavy atom. The lowest BCUT2D eigenvalue weighted by molar-refractivity contribution is -0.197. The SMILES string of the molecule is CC(C)(C)/C=C/[C@H](O)C(C)(C)[C@]12CC(=O)[C@]3(C)[C@@H]4C[C@H](O)C(=O)C(C)(C)C4=CC[C@H]3[C@]1(C)C[C@@H](O)C2. The molecule has 0 aliphatic heterocycles. The number of carbonyl (C=O) groups is 2. The predicted molar refractivity (Wildman–Crippen MR) is 141 cm³/mol. The van der Waals surface area contributed by atoms with Crippen LogP contribution in [0.1, 0.15) is 94.4 Å². The van der Waals surface area contributed by atoms with E-state index < -0.39 is 45.4 Å². The molecule has 5 nitrogen and oxygen atoms in total. The summed E-state index contributed by atoms with van der Waals surface area (Å²) in [6, 6.07) is 0. The monoisotopic (exact) mass is 500 g/mol. The lowest BCUT2D eigenvalue weighted by Crippen LogP contribution is -2.67. The number of hydrogen-bond acceptors (Lipinski definition) is 5. The van der Waals surface area contributed by atoms with Crippen molar-refractivity contribution in [1.29, 1.82) is 0 Å². The van der Waals surface area contributed by atoms with Crippen LogP contribution in [0.15, 0.2) is 23.8 Å². The van der Waals surface area contributed by atoms with Gasteiger partial charge in [0.15, 0.2) is 5.78 Å². The van der Waals surface area contributed by atoms with Gasteiger partial charge in [-0.3, -0.25) is 9.59 Å². The van der Waals surface area contributed by atoms with E-state index in [9.17, 15) is 24.9 Å². The van der Waals surface area contributed by atoms with Crippen LogP contribution in [0.5, 0.6) is 0 Å². The van der Waals surface area contributed by atoms with E-state index >= 15 is 0 Å². The van der Waals surface area contributed by atoms with Crippen LogP contribution >= 0.6 is 0 Å². The highest BCUT2D eigenvalue weighted by Crippen LogP contribution is 2.76. The number of allylic oxidation sites excluding steroid dienone is 3. The van der Waals surface area contributed by atoms with Gasteiger partial charge in [-0.1, -0.05) is 72.3 Å². The third-order valence-corrected chi connectivity index (χ3v) is 11.4. The largest absolute Gasteiger partial charge is 0.393 e. The molecule has 202 valence electrons. The van der Waals surface area contributed by atoms with Crippen molar-refractivity contribution in [2.45, 2.75) is 113 Å². The van der Waals surface area contributed by atoms with Crippen molar-refractivity contribution in [1.82, 2.24) is 0 Å². The van der Waals surface area contributed by atoms with Crippen LogP contribution in [0, 0.1) is 44.3 Å². The molecule has 0 heterocycles. The van der Waals surface area contributed by atoms with Crippen molar-refractivity contribution in [2.24, 2.45) is 44.3 Å². The van der Waals surface area contributed by atoms with Gasteiger partial charge in [0, 0.05) is 22.7 Å². The molecule has 0 radical (unpaired) electrons. The molecule has 3 N–H and O–H groups in total. The molecule has 0 aromatic carbocycles. The Kier molecular flexibility index (Phi) is 6.24. The second-order valence-corrected chi connectivity index (χ2v) is 15.1. The van der Waals surface area contributed by atoms with Gasteiger partial charge in [-0.2, -0.15) is 0 Å². The fourth-order valence-electron chi connectivity index (χ4n) is 9.20. The van der Waals surface area contributed by atoms with E-state index in [4.69, 9.17) is 0 Å². The van der Waals surface area contributed by atoms with Crippen molar-refractivity contribution < 1.29 is 24.9 Å². The topological polar surface area (TPSA) is 94.8 Å². The molecule has 4 rings (SSSR count). The van der Waals surface area contributed by atoms with Crippen LogP contribution in [0.4, 0.5) is 0 Å². The lowest BCUT2D eigenvalue weighted by atomic mass is 9.35. The first kappa shape index (κ1) is 27.7. The number of aliphatic hydroxyl groups excluding tert-OH is 3. The maximum Gasteiger partial charge on any atom is 0.170 e. The second-order valence-electron chi connectivity index (χ2n) is 15.1. The summed E-state index contributed by atoms with van der Waals surface area (Å²) in [6.07, 6.45) is 6.01. The average molecular weight is 501 g/mol. The Labute approximate surface area is 217 Å². The van der Waals surface area contributed by atoms with Gasteiger partial charge in [0.25, 0.3) is 0 Å². The summed E-state index contributed by atoms with van der Waals surface area (Å²) in [5.41, 5.74) is -2.23. The number of Topliss-reactive ketones (excluding diaryl/α,β-unsaturated/α-hetero) is 2. The maximum absolute atomic E-state index is 14.4. The highest BCUT2D eigenvalue weighted by molar-refractivity contribution is 5.94. The molecule has 0 spiro atoms. The molecule has 0 bridgehead atoms. The lowest BCUT2D eigenvalue weighted by Gasteiger charge is -2.67. The van der Waals surface area contributed by atoms with Crippen molar-refractivity contribution in [3.05, 3.63) is 23.8 Å². The number of ketones is 2. The molecule has 36 heavy (non-hydrogen) atoms. The first-order valence-electron chi connectivity index (χ1n) is 13.8. The van der Waals surface area contributed by atoms with Crippen molar-refractivity contribution in [3.8, 4) is 0 Å². The highest BCUT2D eigenvalue weighted by atomic mass is 16.3. The molecular formula is C31H48O5. The molecule has 4 aliphatic carbocycles. The van der Waals surface area contributed by atoms with E-state index in [2.05, 4.69) is 54.5 Å². The van der Waals surface area contributed by atoms with E-state index in [1.54, 1.807) is 0 Å². The van der Waals surface area contributed by atoms with Gasteiger partial charge < -0.3 is 15.3 Å². The van der Waals surface area contributed by atoms with E-state index in [0.717, 1.165) is 5.57 Å². The molecule has 3 fully saturated rings. The van der Waals surface area contributed by atoms with Crippen LogP contribution in [0.2, 0.25) is 0 Å². The fraction of sp³-hybridized carbons (Fsp3) is 0.806. The fourth-order valence-corrected chi connectivity index (χ4v) is 9.20. The predicted octanol–water partition coefficient (Wildman–Crippen LogP) is 5.02. The zero-order valence-electron chi connectivity index (χ0n) is 23.8. The molecule has 8 atom stereocenters. The van der Waals surface area contributed by atoms with Gasteiger partial charge in [-0.15, -0.1) is 0 Å². The summed E-state index contributed by atoms with van der Waals surface area (Å²) in [5, 5.41) is 33.4. The standard InChI is InChI=1S/C31H48O5/c1-26(2,3)13-12-23(34)28(6,7)31-16-18(32)15-29(31,8)22-11-10-19-20(30(22,9)24(35)17-31)14-21(33)25(36)27(19,4)5/h10,12-13,18,20-23,32-34H,11,14-17H2,1-9H3/b13-12+/t18-,20-,21+,22+,23+,29+,30-,31+/m1/s1. The molecule has 0 aromatic rings. The first-order chi connectivity index (χ1) is 16.3. The van der Waals surface area contributed by atoms with Crippen LogP contribution in [0.3, 0.4) is 0 Å². The minimum Gasteiger partial charge on any atom is -0.393 e. The number of rotatable bonds is 3. The zero-order valence-corrected chi connectivity index (χ0v) is 23.8. The second kappa shape index (κ2) is 8.10. The number of fused-ring (bicyclic) bond motifs is 5. The minimum absolute atomic E-state index is 0.0496. The van der Waals surface area contributed by atoms with E-state index in [-0.39, 0.29) is 41.7 Å². The Hall–Kier alpha value is -1.30. The number of carbonyl (C=O) groups excluding carboxylic acids is 2. The van der Waals surface area contributed by atoms with Crippen LogP contribution < -0.4 is 0 Å².